The first-order valence-electron chi connectivity index (χ1n) is 4.01. The molecule has 0 radical (unpaired) electrons. The summed E-state index contributed by atoms with van der Waals surface area (Å²) in [6.07, 6.45) is 0. The van der Waals surface area contributed by atoms with E-state index in [-0.39, 0.29) is 0 Å². The summed E-state index contributed by atoms with van der Waals surface area (Å²) < 4.78 is 1.69. The van der Waals surface area contributed by atoms with E-state index < -0.39 is 5.97 Å². The van der Waals surface area contributed by atoms with Crippen molar-refractivity contribution < 1.29 is 9.90 Å². The minimum Gasteiger partial charge on any atom is -0.478 e. The highest BCUT2D eigenvalue weighted by Crippen LogP contribution is 2.32. The van der Waals surface area contributed by atoms with Crippen LogP contribution in [-0.4, -0.2) is 11.1 Å². The van der Waals surface area contributed by atoms with Gasteiger partial charge in [-0.3, -0.25) is 0 Å². The van der Waals surface area contributed by atoms with Crippen LogP contribution in [0.3, 0.4) is 0 Å². The molecule has 1 aromatic carbocycles. The van der Waals surface area contributed by atoms with Crippen molar-refractivity contribution in [2.45, 2.75) is 6.92 Å². The molecule has 0 aliphatic heterocycles. The van der Waals surface area contributed by atoms with Crippen LogP contribution < -0.4 is 0 Å². The van der Waals surface area contributed by atoms with E-state index in [1.807, 2.05) is 18.4 Å². The summed E-state index contributed by atoms with van der Waals surface area (Å²) in [7, 11) is 0. The van der Waals surface area contributed by atoms with Gasteiger partial charge in [-0.2, -0.15) is 0 Å². The van der Waals surface area contributed by atoms with Crippen LogP contribution in [0.25, 0.3) is 10.1 Å². The second-order valence-electron chi connectivity index (χ2n) is 3.00. The second-order valence-corrected chi connectivity index (χ2v) is 4.74. The average molecular weight is 271 g/mol. The Morgan fingerprint density at radius 3 is 2.93 bits per heavy atom. The van der Waals surface area contributed by atoms with Crippen molar-refractivity contribution in [3.63, 3.8) is 0 Å². The van der Waals surface area contributed by atoms with Crippen molar-refractivity contribution in [2.24, 2.45) is 0 Å². The molecule has 14 heavy (non-hydrogen) atoms. The molecule has 1 aromatic heterocycles. The van der Waals surface area contributed by atoms with Gasteiger partial charge < -0.3 is 5.11 Å². The first-order valence-corrected chi connectivity index (χ1v) is 5.68. The number of carbonyl (C=O) groups is 1. The fourth-order valence-electron chi connectivity index (χ4n) is 1.41. The largest absolute Gasteiger partial charge is 0.478 e. The number of aryl methyl sites for hydroxylation is 1. The van der Waals surface area contributed by atoms with Gasteiger partial charge in [-0.15, -0.1) is 11.3 Å². The zero-order chi connectivity index (χ0) is 10.3. The van der Waals surface area contributed by atoms with E-state index >= 15 is 0 Å². The van der Waals surface area contributed by atoms with Crippen molar-refractivity contribution in [1.29, 1.82) is 0 Å². The van der Waals surface area contributed by atoms with E-state index in [0.717, 1.165) is 15.6 Å². The SMILES string of the molecule is Cc1c(Br)c(C(=O)O)cc2sccc12. The minimum atomic E-state index is -0.893. The Labute approximate surface area is 93.3 Å². The van der Waals surface area contributed by atoms with Crippen LogP contribution in [-0.2, 0) is 0 Å². The lowest BCUT2D eigenvalue weighted by atomic mass is 10.1. The van der Waals surface area contributed by atoms with E-state index in [1.54, 1.807) is 17.4 Å². The zero-order valence-electron chi connectivity index (χ0n) is 7.37. The molecule has 1 N–H and O–H groups in total. The molecule has 4 heteroatoms. The standard InChI is InChI=1S/C10H7BrO2S/c1-5-6-2-3-14-8(6)4-7(9(5)11)10(12)13/h2-4H,1H3,(H,12,13). The summed E-state index contributed by atoms with van der Waals surface area (Å²) in [4.78, 5) is 10.9. The maximum Gasteiger partial charge on any atom is 0.336 e. The molecule has 2 nitrogen and oxygen atoms in total. The number of thiophene rings is 1. The molecule has 0 unspecified atom stereocenters. The normalized spacial score (nSPS) is 10.7. The summed E-state index contributed by atoms with van der Waals surface area (Å²) in [5.74, 6) is -0.893. The van der Waals surface area contributed by atoms with Crippen molar-refractivity contribution in [1.82, 2.24) is 0 Å². The van der Waals surface area contributed by atoms with Crippen molar-refractivity contribution in [3.8, 4) is 0 Å². The van der Waals surface area contributed by atoms with Crippen molar-refractivity contribution in [3.05, 3.63) is 33.1 Å². The first-order chi connectivity index (χ1) is 6.61. The maximum atomic E-state index is 10.9. The molecule has 2 rings (SSSR count). The summed E-state index contributed by atoms with van der Waals surface area (Å²) >= 11 is 4.87. The van der Waals surface area contributed by atoms with Gasteiger partial charge in [0.15, 0.2) is 0 Å². The Hall–Kier alpha value is -0.870. The number of carboxylic acids is 1. The number of carboxylic acid groups (broad SMARTS) is 1. The summed E-state index contributed by atoms with van der Waals surface area (Å²) in [6, 6.07) is 3.71. The van der Waals surface area contributed by atoms with Gasteiger partial charge in [0, 0.05) is 9.17 Å². The molecule has 0 spiro atoms. The number of halogens is 1. The molecule has 0 aliphatic rings. The van der Waals surface area contributed by atoms with Crippen LogP contribution in [0.5, 0.6) is 0 Å². The Balaban J connectivity index is 2.87. The highest BCUT2D eigenvalue weighted by molar-refractivity contribution is 9.10. The zero-order valence-corrected chi connectivity index (χ0v) is 9.78. The second kappa shape index (κ2) is 3.37. The molecule has 0 atom stereocenters. The number of aromatic carboxylic acids is 1. The number of benzene rings is 1. The van der Waals surface area contributed by atoms with Crippen LogP contribution in [0, 0.1) is 6.92 Å². The van der Waals surface area contributed by atoms with Gasteiger partial charge >= 0.3 is 5.97 Å². The fourth-order valence-corrected chi connectivity index (χ4v) is 2.80. The molecule has 0 saturated heterocycles. The van der Waals surface area contributed by atoms with Gasteiger partial charge in [-0.1, -0.05) is 0 Å². The Morgan fingerprint density at radius 2 is 2.29 bits per heavy atom. The van der Waals surface area contributed by atoms with Crippen LogP contribution in [0.15, 0.2) is 22.0 Å². The summed E-state index contributed by atoms with van der Waals surface area (Å²) in [5.41, 5.74) is 1.32. The Morgan fingerprint density at radius 1 is 1.57 bits per heavy atom. The van der Waals surface area contributed by atoms with Gasteiger partial charge in [0.1, 0.15) is 0 Å². The number of fused-ring (bicyclic) bond motifs is 1. The van der Waals surface area contributed by atoms with E-state index in [1.165, 1.54) is 0 Å². The lowest BCUT2D eigenvalue weighted by molar-refractivity contribution is 0.0696. The lowest BCUT2D eigenvalue weighted by Gasteiger charge is -2.04. The molecule has 0 amide bonds. The number of hydrogen-bond acceptors (Lipinski definition) is 2. The Bertz CT molecular complexity index is 516. The molecule has 2 aromatic rings. The highest BCUT2D eigenvalue weighted by Gasteiger charge is 2.13. The summed E-state index contributed by atoms with van der Waals surface area (Å²) in [5, 5.41) is 12.0. The van der Waals surface area contributed by atoms with Gasteiger partial charge in [-0.25, -0.2) is 4.79 Å². The van der Waals surface area contributed by atoms with Crippen LogP contribution >= 0.6 is 27.3 Å². The molecule has 0 fully saturated rings. The minimum absolute atomic E-state index is 0.331. The van der Waals surface area contributed by atoms with E-state index in [4.69, 9.17) is 5.11 Å². The van der Waals surface area contributed by atoms with Crippen LogP contribution in [0.2, 0.25) is 0 Å². The lowest BCUT2D eigenvalue weighted by Crippen LogP contribution is -1.98. The maximum absolute atomic E-state index is 10.9. The third kappa shape index (κ3) is 1.35. The van der Waals surface area contributed by atoms with Gasteiger partial charge in [0.25, 0.3) is 0 Å². The fraction of sp³-hybridized carbons (Fsp3) is 0.100. The monoisotopic (exact) mass is 270 g/mol. The van der Waals surface area contributed by atoms with Crippen LogP contribution in [0.4, 0.5) is 0 Å². The third-order valence-corrected chi connectivity index (χ3v) is 4.06. The average Bonchev–Trinajstić information content (AvgIpc) is 2.58. The van der Waals surface area contributed by atoms with E-state index in [9.17, 15) is 4.79 Å². The topological polar surface area (TPSA) is 37.3 Å². The van der Waals surface area contributed by atoms with Gasteiger partial charge in [0.05, 0.1) is 5.56 Å². The Kier molecular flexibility index (Phi) is 2.33. The molecule has 0 aliphatic carbocycles. The van der Waals surface area contributed by atoms with Gasteiger partial charge in [0.2, 0.25) is 0 Å². The van der Waals surface area contributed by atoms with E-state index in [2.05, 4.69) is 15.9 Å². The molecule has 72 valence electrons. The number of rotatable bonds is 1. The quantitative estimate of drug-likeness (QED) is 0.859. The molecular formula is C10H7BrO2S. The van der Waals surface area contributed by atoms with Crippen molar-refractivity contribution in [2.75, 3.05) is 0 Å². The molecule has 0 saturated carbocycles. The summed E-state index contributed by atoms with van der Waals surface area (Å²) in [6.45, 7) is 1.92. The number of hydrogen-bond donors (Lipinski definition) is 1. The van der Waals surface area contributed by atoms with Gasteiger partial charge in [-0.05, 0) is 51.3 Å². The molecule has 0 bridgehead atoms. The first kappa shape index (κ1) is 9.68. The van der Waals surface area contributed by atoms with Crippen LogP contribution in [0.1, 0.15) is 15.9 Å². The van der Waals surface area contributed by atoms with Crippen molar-refractivity contribution >= 4 is 43.3 Å². The molecular weight excluding hydrogens is 264 g/mol. The predicted octanol–water partition coefficient (Wildman–Crippen LogP) is 3.67. The third-order valence-electron chi connectivity index (χ3n) is 2.17. The van der Waals surface area contributed by atoms with E-state index in [0.29, 0.717) is 10.0 Å². The molecule has 1 heterocycles. The smallest absolute Gasteiger partial charge is 0.336 e. The highest BCUT2D eigenvalue weighted by atomic mass is 79.9. The predicted molar refractivity (Wildman–Crippen MR) is 61.2 cm³/mol.